The second-order valence-corrected chi connectivity index (χ2v) is 5.82. The second-order valence-electron chi connectivity index (χ2n) is 5.82. The maximum Gasteiger partial charge on any atom is -0.0236 e. The summed E-state index contributed by atoms with van der Waals surface area (Å²) in [5.74, 6) is 3.70. The average Bonchev–Trinajstić information content (AvgIpc) is 2.39. The van der Waals surface area contributed by atoms with Crippen LogP contribution in [0.1, 0.15) is 51.4 Å². The van der Waals surface area contributed by atoms with Crippen LogP contribution in [0.25, 0.3) is 0 Å². The molecule has 0 aromatic heterocycles. The fourth-order valence-electron chi connectivity index (χ4n) is 3.70. The molecular formula is C16H26. The van der Waals surface area contributed by atoms with Crippen molar-refractivity contribution >= 4 is 0 Å². The normalized spacial score (nSPS) is 40.2. The van der Waals surface area contributed by atoms with Crippen molar-refractivity contribution in [3.05, 3.63) is 25.3 Å². The number of allylic oxidation sites excluding steroid dienone is 2. The average molecular weight is 218 g/mol. The molecule has 16 heavy (non-hydrogen) atoms. The first-order chi connectivity index (χ1) is 7.83. The Morgan fingerprint density at radius 3 is 1.12 bits per heavy atom. The molecule has 0 aromatic rings. The number of hydrogen-bond acceptors (Lipinski definition) is 0. The minimum absolute atomic E-state index is 0.820. The highest BCUT2D eigenvalue weighted by Gasteiger charge is 2.29. The van der Waals surface area contributed by atoms with Gasteiger partial charge in [0, 0.05) is 0 Å². The van der Waals surface area contributed by atoms with Crippen molar-refractivity contribution in [2.45, 2.75) is 51.4 Å². The molecule has 0 atom stereocenters. The highest BCUT2D eigenvalue weighted by atomic mass is 14.3. The van der Waals surface area contributed by atoms with Crippen LogP contribution in [-0.4, -0.2) is 0 Å². The molecule has 90 valence electrons. The molecule has 0 heterocycles. The van der Waals surface area contributed by atoms with E-state index in [-0.39, 0.29) is 0 Å². The fourth-order valence-corrected chi connectivity index (χ4v) is 3.70. The molecule has 0 spiro atoms. The molecule has 0 aliphatic heterocycles. The first-order valence-electron chi connectivity index (χ1n) is 7.08. The first kappa shape index (κ1) is 12.0. The third-order valence-electron chi connectivity index (χ3n) is 4.97. The Balaban J connectivity index is 1.77. The lowest BCUT2D eigenvalue weighted by atomic mass is 9.69. The van der Waals surface area contributed by atoms with Gasteiger partial charge in [0.05, 0.1) is 0 Å². The van der Waals surface area contributed by atoms with Crippen LogP contribution >= 0.6 is 0 Å². The summed E-state index contributed by atoms with van der Waals surface area (Å²) in [7, 11) is 0. The zero-order chi connectivity index (χ0) is 11.4. The summed E-state index contributed by atoms with van der Waals surface area (Å²) in [6.07, 6.45) is 15.8. The highest BCUT2D eigenvalue weighted by Crippen LogP contribution is 2.41. The molecule has 0 heteroatoms. The Kier molecular flexibility index (Phi) is 4.26. The molecular weight excluding hydrogens is 192 g/mol. The SMILES string of the molecule is C=CC1CCC(C2CCC(C=C)CC2)CC1. The van der Waals surface area contributed by atoms with Crippen LogP contribution in [0, 0.1) is 23.7 Å². The molecule has 0 radical (unpaired) electrons. The van der Waals surface area contributed by atoms with Crippen LogP contribution in [0.4, 0.5) is 0 Å². The molecule has 2 fully saturated rings. The van der Waals surface area contributed by atoms with Crippen LogP contribution in [0.2, 0.25) is 0 Å². The van der Waals surface area contributed by atoms with Crippen LogP contribution in [0.3, 0.4) is 0 Å². The second kappa shape index (κ2) is 5.70. The minimum atomic E-state index is 0.820. The Labute approximate surface area is 101 Å². The Bertz CT molecular complexity index is 198. The summed E-state index contributed by atoms with van der Waals surface area (Å²) in [4.78, 5) is 0. The zero-order valence-corrected chi connectivity index (χ0v) is 10.5. The molecule has 2 saturated carbocycles. The molecule has 0 N–H and O–H groups in total. The van der Waals surface area contributed by atoms with Gasteiger partial charge in [-0.2, -0.15) is 0 Å². The summed E-state index contributed by atoms with van der Waals surface area (Å²) < 4.78 is 0. The van der Waals surface area contributed by atoms with Gasteiger partial charge in [-0.1, -0.05) is 12.2 Å². The molecule has 0 aromatic carbocycles. The Morgan fingerprint density at radius 2 is 0.875 bits per heavy atom. The van der Waals surface area contributed by atoms with E-state index in [4.69, 9.17) is 0 Å². The van der Waals surface area contributed by atoms with E-state index in [1.807, 2.05) is 0 Å². The maximum atomic E-state index is 3.93. The van der Waals surface area contributed by atoms with Crippen LogP contribution in [0.15, 0.2) is 25.3 Å². The largest absolute Gasteiger partial charge is 0.103 e. The monoisotopic (exact) mass is 218 g/mol. The number of hydrogen-bond donors (Lipinski definition) is 0. The van der Waals surface area contributed by atoms with E-state index in [0.717, 1.165) is 23.7 Å². The standard InChI is InChI=1S/C16H26/c1-3-13-5-9-15(10-6-13)16-11-7-14(4-2)8-12-16/h3-4,13-16H,1-2,5-12H2. The van der Waals surface area contributed by atoms with Crippen molar-refractivity contribution in [1.29, 1.82) is 0 Å². The van der Waals surface area contributed by atoms with Gasteiger partial charge in [-0.3, -0.25) is 0 Å². The van der Waals surface area contributed by atoms with E-state index in [1.54, 1.807) is 0 Å². The van der Waals surface area contributed by atoms with Crippen molar-refractivity contribution in [2.24, 2.45) is 23.7 Å². The first-order valence-corrected chi connectivity index (χ1v) is 7.08. The van der Waals surface area contributed by atoms with Gasteiger partial charge >= 0.3 is 0 Å². The van der Waals surface area contributed by atoms with Crippen molar-refractivity contribution < 1.29 is 0 Å². The van der Waals surface area contributed by atoms with Gasteiger partial charge in [-0.25, -0.2) is 0 Å². The van der Waals surface area contributed by atoms with Gasteiger partial charge in [0.15, 0.2) is 0 Å². The summed E-state index contributed by atoms with van der Waals surface area (Å²) in [5, 5.41) is 0. The third kappa shape index (κ3) is 2.78. The van der Waals surface area contributed by atoms with Gasteiger partial charge in [-0.15, -0.1) is 13.2 Å². The van der Waals surface area contributed by atoms with E-state index in [1.165, 1.54) is 51.4 Å². The van der Waals surface area contributed by atoms with E-state index < -0.39 is 0 Å². The quantitative estimate of drug-likeness (QED) is 0.587. The molecule has 2 rings (SSSR count). The van der Waals surface area contributed by atoms with Crippen molar-refractivity contribution in [2.75, 3.05) is 0 Å². The van der Waals surface area contributed by atoms with E-state index in [0.29, 0.717) is 0 Å². The van der Waals surface area contributed by atoms with Gasteiger partial charge in [0.1, 0.15) is 0 Å². The van der Waals surface area contributed by atoms with Gasteiger partial charge in [0.25, 0.3) is 0 Å². The van der Waals surface area contributed by atoms with Crippen molar-refractivity contribution in [3.8, 4) is 0 Å². The molecule has 2 aliphatic carbocycles. The molecule has 2 aliphatic rings. The summed E-state index contributed by atoms with van der Waals surface area (Å²) in [6, 6.07) is 0. The lowest BCUT2D eigenvalue weighted by molar-refractivity contribution is 0.166. The Morgan fingerprint density at radius 1 is 0.562 bits per heavy atom. The van der Waals surface area contributed by atoms with Gasteiger partial charge in [-0.05, 0) is 75.0 Å². The van der Waals surface area contributed by atoms with E-state index in [9.17, 15) is 0 Å². The molecule has 0 amide bonds. The summed E-state index contributed by atoms with van der Waals surface area (Å²) in [6.45, 7) is 7.86. The van der Waals surface area contributed by atoms with Crippen LogP contribution < -0.4 is 0 Å². The van der Waals surface area contributed by atoms with Crippen LogP contribution in [-0.2, 0) is 0 Å². The lowest BCUT2D eigenvalue weighted by Gasteiger charge is -2.36. The topological polar surface area (TPSA) is 0 Å². The Hall–Kier alpha value is -0.520. The molecule has 0 unspecified atom stereocenters. The van der Waals surface area contributed by atoms with E-state index in [2.05, 4.69) is 25.3 Å². The zero-order valence-electron chi connectivity index (χ0n) is 10.5. The van der Waals surface area contributed by atoms with Crippen molar-refractivity contribution in [1.82, 2.24) is 0 Å². The third-order valence-corrected chi connectivity index (χ3v) is 4.97. The highest BCUT2D eigenvalue weighted by molar-refractivity contribution is 4.89. The minimum Gasteiger partial charge on any atom is -0.103 e. The van der Waals surface area contributed by atoms with Gasteiger partial charge < -0.3 is 0 Å². The van der Waals surface area contributed by atoms with Crippen molar-refractivity contribution in [3.63, 3.8) is 0 Å². The predicted molar refractivity (Wildman–Crippen MR) is 71.3 cm³/mol. The molecule has 0 saturated heterocycles. The van der Waals surface area contributed by atoms with Gasteiger partial charge in [0.2, 0.25) is 0 Å². The van der Waals surface area contributed by atoms with E-state index >= 15 is 0 Å². The maximum absolute atomic E-state index is 3.93. The number of rotatable bonds is 3. The smallest absolute Gasteiger partial charge is 0.0236 e. The summed E-state index contributed by atoms with van der Waals surface area (Å²) in [5.41, 5.74) is 0. The fraction of sp³-hybridized carbons (Fsp3) is 0.750. The molecule has 0 nitrogen and oxygen atoms in total. The summed E-state index contributed by atoms with van der Waals surface area (Å²) >= 11 is 0. The van der Waals surface area contributed by atoms with Crippen LogP contribution in [0.5, 0.6) is 0 Å². The molecule has 0 bridgehead atoms. The lowest BCUT2D eigenvalue weighted by Crippen LogP contribution is -2.24. The predicted octanol–water partition coefficient (Wildman–Crippen LogP) is 4.97.